The maximum Gasteiger partial charge on any atom is 0.363 e. The third-order valence-electron chi connectivity index (χ3n) is 3.59. The van der Waals surface area contributed by atoms with Crippen molar-refractivity contribution in [1.29, 1.82) is 0 Å². The molecule has 1 heterocycles. The largest absolute Gasteiger partial charge is 0.493 e. The molecule has 0 aliphatic carbocycles. The molecule has 0 fully saturated rings. The van der Waals surface area contributed by atoms with Crippen LogP contribution in [0.25, 0.3) is 6.08 Å². The Balaban J connectivity index is 1.83. The summed E-state index contributed by atoms with van der Waals surface area (Å²) in [4.78, 5) is 16.2. The van der Waals surface area contributed by atoms with Crippen LogP contribution in [-0.2, 0) is 9.53 Å². The van der Waals surface area contributed by atoms with Crippen molar-refractivity contribution in [2.75, 3.05) is 14.2 Å². The van der Waals surface area contributed by atoms with Crippen molar-refractivity contribution >= 4 is 17.9 Å². The predicted octanol–water partition coefficient (Wildman–Crippen LogP) is 3.60. The maximum atomic E-state index is 12.0. The Hall–Kier alpha value is -3.34. The topological polar surface area (TPSA) is 57.1 Å². The molecule has 25 heavy (non-hydrogen) atoms. The van der Waals surface area contributed by atoms with E-state index in [1.165, 1.54) is 0 Å². The Bertz CT molecular complexity index is 867. The van der Waals surface area contributed by atoms with Gasteiger partial charge in [0.2, 0.25) is 5.90 Å². The van der Waals surface area contributed by atoms with Gasteiger partial charge in [0.25, 0.3) is 0 Å². The lowest BCUT2D eigenvalue weighted by molar-refractivity contribution is -0.130. The zero-order chi connectivity index (χ0) is 17.6. The number of hydrogen-bond donors (Lipinski definition) is 0. The number of rotatable bonds is 5. The lowest BCUT2D eigenvalue weighted by atomic mass is 10.2. The van der Waals surface area contributed by atoms with Crippen LogP contribution in [0.4, 0.5) is 0 Å². The van der Waals surface area contributed by atoms with E-state index < -0.39 is 5.97 Å². The smallest absolute Gasteiger partial charge is 0.363 e. The van der Waals surface area contributed by atoms with Gasteiger partial charge in [-0.15, -0.1) is 0 Å². The third kappa shape index (κ3) is 3.77. The van der Waals surface area contributed by atoms with Crippen LogP contribution in [0, 0.1) is 0 Å². The van der Waals surface area contributed by atoms with Crippen LogP contribution in [-0.4, -0.2) is 26.1 Å². The first-order valence-electron chi connectivity index (χ1n) is 7.68. The summed E-state index contributed by atoms with van der Waals surface area (Å²) in [5, 5.41) is 0. The van der Waals surface area contributed by atoms with E-state index in [4.69, 9.17) is 14.2 Å². The molecule has 2 aromatic rings. The Morgan fingerprint density at radius 1 is 1.00 bits per heavy atom. The molecule has 0 spiro atoms. The summed E-state index contributed by atoms with van der Waals surface area (Å²) in [5.74, 6) is 0.894. The number of carbonyl (C=O) groups is 1. The molecule has 126 valence electrons. The number of ether oxygens (including phenoxy) is 3. The average Bonchev–Trinajstić information content (AvgIpc) is 3.03. The standard InChI is InChI=1S/C20H17NO4/c1-23-17-12-11-15(13-18(17)24-2)19-21-16(20(22)25-19)10-6-9-14-7-4-3-5-8-14/h3-13H,1-2H3/b9-6+,16-10-. The molecule has 2 aromatic carbocycles. The van der Waals surface area contributed by atoms with E-state index in [1.54, 1.807) is 44.6 Å². The van der Waals surface area contributed by atoms with Gasteiger partial charge in [0.1, 0.15) is 0 Å². The van der Waals surface area contributed by atoms with E-state index in [-0.39, 0.29) is 11.6 Å². The first-order chi connectivity index (χ1) is 12.2. The Morgan fingerprint density at radius 2 is 1.76 bits per heavy atom. The molecule has 0 N–H and O–H groups in total. The summed E-state index contributed by atoms with van der Waals surface area (Å²) in [6.07, 6.45) is 5.29. The van der Waals surface area contributed by atoms with E-state index >= 15 is 0 Å². The van der Waals surface area contributed by atoms with Crippen molar-refractivity contribution in [3.05, 3.63) is 77.5 Å². The number of aliphatic imine (C=N–C) groups is 1. The molecule has 0 amide bonds. The number of esters is 1. The lowest BCUT2D eigenvalue weighted by Crippen LogP contribution is -2.05. The average molecular weight is 335 g/mol. The van der Waals surface area contributed by atoms with Gasteiger partial charge in [-0.2, -0.15) is 0 Å². The molecule has 1 aliphatic rings. The van der Waals surface area contributed by atoms with Crippen molar-refractivity contribution in [3.8, 4) is 11.5 Å². The number of nitrogens with zero attached hydrogens (tertiary/aromatic N) is 1. The molecule has 0 radical (unpaired) electrons. The van der Waals surface area contributed by atoms with Gasteiger partial charge in [-0.25, -0.2) is 9.79 Å². The molecule has 0 unspecified atom stereocenters. The van der Waals surface area contributed by atoms with Crippen molar-refractivity contribution in [1.82, 2.24) is 0 Å². The molecular formula is C20H17NO4. The summed E-state index contributed by atoms with van der Waals surface area (Å²) in [6, 6.07) is 15.0. The quantitative estimate of drug-likeness (QED) is 0.619. The van der Waals surface area contributed by atoms with Gasteiger partial charge >= 0.3 is 5.97 Å². The normalized spacial score (nSPS) is 15.4. The van der Waals surface area contributed by atoms with Crippen LogP contribution in [0.2, 0.25) is 0 Å². The summed E-state index contributed by atoms with van der Waals surface area (Å²) >= 11 is 0. The Kier molecular flexibility index (Phi) is 4.95. The minimum absolute atomic E-state index is 0.241. The second-order valence-corrected chi connectivity index (χ2v) is 5.20. The van der Waals surface area contributed by atoms with Gasteiger partial charge in [0.05, 0.1) is 14.2 Å². The van der Waals surface area contributed by atoms with Crippen LogP contribution >= 0.6 is 0 Å². The van der Waals surface area contributed by atoms with Crippen molar-refractivity contribution in [2.45, 2.75) is 0 Å². The predicted molar refractivity (Wildman–Crippen MR) is 95.7 cm³/mol. The maximum absolute atomic E-state index is 12.0. The van der Waals surface area contributed by atoms with Crippen LogP contribution < -0.4 is 9.47 Å². The number of benzene rings is 2. The first-order valence-corrected chi connectivity index (χ1v) is 7.68. The highest BCUT2D eigenvalue weighted by atomic mass is 16.6. The summed E-state index contributed by atoms with van der Waals surface area (Å²) in [6.45, 7) is 0. The van der Waals surface area contributed by atoms with Crippen molar-refractivity contribution in [3.63, 3.8) is 0 Å². The fourth-order valence-electron chi connectivity index (χ4n) is 2.33. The molecule has 5 heteroatoms. The molecule has 0 bridgehead atoms. The van der Waals surface area contributed by atoms with E-state index in [0.29, 0.717) is 17.1 Å². The zero-order valence-electron chi connectivity index (χ0n) is 13.9. The molecule has 0 aromatic heterocycles. The highest BCUT2D eigenvalue weighted by Crippen LogP contribution is 2.29. The Labute approximate surface area is 145 Å². The van der Waals surface area contributed by atoms with Crippen molar-refractivity contribution in [2.24, 2.45) is 4.99 Å². The molecule has 1 aliphatic heterocycles. The van der Waals surface area contributed by atoms with Gasteiger partial charge in [0, 0.05) is 5.56 Å². The molecule has 0 atom stereocenters. The van der Waals surface area contributed by atoms with Crippen molar-refractivity contribution < 1.29 is 19.0 Å². The molecular weight excluding hydrogens is 318 g/mol. The highest BCUT2D eigenvalue weighted by molar-refractivity contribution is 6.11. The number of hydrogen-bond acceptors (Lipinski definition) is 5. The number of methoxy groups -OCH3 is 2. The lowest BCUT2D eigenvalue weighted by Gasteiger charge is -2.08. The fraction of sp³-hybridized carbons (Fsp3) is 0.100. The van der Waals surface area contributed by atoms with E-state index in [2.05, 4.69) is 4.99 Å². The summed E-state index contributed by atoms with van der Waals surface area (Å²) in [5.41, 5.74) is 1.92. The van der Waals surface area contributed by atoms with Gasteiger partial charge in [0.15, 0.2) is 17.2 Å². The Morgan fingerprint density at radius 3 is 2.48 bits per heavy atom. The van der Waals surface area contributed by atoms with Crippen LogP contribution in [0.1, 0.15) is 11.1 Å². The van der Waals surface area contributed by atoms with Gasteiger partial charge < -0.3 is 14.2 Å². The molecule has 5 nitrogen and oxygen atoms in total. The summed E-state index contributed by atoms with van der Waals surface area (Å²) < 4.78 is 15.7. The zero-order valence-corrected chi connectivity index (χ0v) is 13.9. The van der Waals surface area contributed by atoms with Crippen LogP contribution in [0.15, 0.2) is 71.4 Å². The van der Waals surface area contributed by atoms with Crippen LogP contribution in [0.3, 0.4) is 0 Å². The van der Waals surface area contributed by atoms with E-state index in [1.807, 2.05) is 36.4 Å². The fourth-order valence-corrected chi connectivity index (χ4v) is 2.33. The second-order valence-electron chi connectivity index (χ2n) is 5.20. The van der Waals surface area contributed by atoms with Gasteiger partial charge in [-0.05, 0) is 29.8 Å². The summed E-state index contributed by atoms with van der Waals surface area (Å²) in [7, 11) is 3.11. The highest BCUT2D eigenvalue weighted by Gasteiger charge is 2.24. The first kappa shape index (κ1) is 16.5. The number of carbonyl (C=O) groups excluding carboxylic acids is 1. The van der Waals surface area contributed by atoms with Gasteiger partial charge in [-0.3, -0.25) is 0 Å². The molecule has 0 saturated carbocycles. The van der Waals surface area contributed by atoms with E-state index in [9.17, 15) is 4.79 Å². The van der Waals surface area contributed by atoms with Crippen LogP contribution in [0.5, 0.6) is 11.5 Å². The minimum atomic E-state index is -0.484. The second kappa shape index (κ2) is 7.49. The number of cyclic esters (lactones) is 1. The minimum Gasteiger partial charge on any atom is -0.493 e. The SMILES string of the molecule is COc1ccc(C2=N/C(=C\C=C\c3ccccc3)C(=O)O2)cc1OC. The van der Waals surface area contributed by atoms with E-state index in [0.717, 1.165) is 5.56 Å². The third-order valence-corrected chi connectivity index (χ3v) is 3.59. The molecule has 0 saturated heterocycles. The van der Waals surface area contributed by atoms with Gasteiger partial charge in [-0.1, -0.05) is 42.5 Å². The monoisotopic (exact) mass is 335 g/mol. The molecule has 3 rings (SSSR count). The number of allylic oxidation sites excluding steroid dienone is 2.